The molecule has 0 radical (unpaired) electrons. The Balaban J connectivity index is 2.32. The minimum absolute atomic E-state index is 0.116. The second-order valence-electron chi connectivity index (χ2n) is 12.3. The molecule has 1 aliphatic rings. The van der Waals surface area contributed by atoms with Gasteiger partial charge in [0.1, 0.15) is 30.5 Å². The lowest BCUT2D eigenvalue weighted by Crippen LogP contribution is -2.59. The first-order valence-electron chi connectivity index (χ1n) is 17.9. The average Bonchev–Trinajstić information content (AvgIpc) is 3.04. The summed E-state index contributed by atoms with van der Waals surface area (Å²) in [6, 6.07) is 0. The fourth-order valence-electron chi connectivity index (χ4n) is 5.21. The first-order chi connectivity index (χ1) is 21.9. The second-order valence-corrected chi connectivity index (χ2v) is 12.3. The lowest BCUT2D eigenvalue weighted by atomic mass is 9.99. The van der Waals surface area contributed by atoms with E-state index < -0.39 is 43.4 Å². The SMILES string of the molecule is CCCC/C=C\C/C=C\CCCCCCCCOCC(COC1OC(CO)C(O)C(O)C1O)OC(=O)CCCCCCCCC. The summed E-state index contributed by atoms with van der Waals surface area (Å²) >= 11 is 0. The van der Waals surface area contributed by atoms with E-state index in [1.807, 2.05) is 0 Å². The van der Waals surface area contributed by atoms with Crippen LogP contribution in [-0.2, 0) is 23.7 Å². The van der Waals surface area contributed by atoms with Crippen LogP contribution >= 0.6 is 0 Å². The smallest absolute Gasteiger partial charge is 0.306 e. The van der Waals surface area contributed by atoms with E-state index in [1.165, 1.54) is 64.2 Å². The van der Waals surface area contributed by atoms with E-state index in [0.717, 1.165) is 51.4 Å². The van der Waals surface area contributed by atoms with Gasteiger partial charge in [-0.15, -0.1) is 0 Å². The molecule has 1 fully saturated rings. The predicted molar refractivity (Wildman–Crippen MR) is 178 cm³/mol. The number of hydrogen-bond donors (Lipinski definition) is 4. The lowest BCUT2D eigenvalue weighted by Gasteiger charge is -2.39. The molecule has 0 amide bonds. The van der Waals surface area contributed by atoms with E-state index in [4.69, 9.17) is 18.9 Å². The van der Waals surface area contributed by atoms with Crippen LogP contribution in [0.15, 0.2) is 24.3 Å². The highest BCUT2D eigenvalue weighted by molar-refractivity contribution is 5.69. The van der Waals surface area contributed by atoms with E-state index in [2.05, 4.69) is 38.2 Å². The highest BCUT2D eigenvalue weighted by Gasteiger charge is 2.44. The molecule has 6 unspecified atom stereocenters. The van der Waals surface area contributed by atoms with Crippen LogP contribution in [0, 0.1) is 0 Å². The molecule has 0 aromatic heterocycles. The molecule has 1 saturated heterocycles. The van der Waals surface area contributed by atoms with Gasteiger partial charge in [-0.05, 0) is 38.5 Å². The van der Waals surface area contributed by atoms with Crippen molar-refractivity contribution >= 4 is 5.97 Å². The van der Waals surface area contributed by atoms with E-state index in [0.29, 0.717) is 13.0 Å². The Morgan fingerprint density at radius 1 is 0.711 bits per heavy atom. The molecular weight excluding hydrogens is 576 g/mol. The van der Waals surface area contributed by atoms with Crippen molar-refractivity contribution in [3.63, 3.8) is 0 Å². The van der Waals surface area contributed by atoms with Crippen LogP contribution in [0.25, 0.3) is 0 Å². The zero-order valence-electron chi connectivity index (χ0n) is 28.4. The van der Waals surface area contributed by atoms with Gasteiger partial charge in [-0.1, -0.05) is 115 Å². The largest absolute Gasteiger partial charge is 0.457 e. The molecule has 1 heterocycles. The van der Waals surface area contributed by atoms with Crippen molar-refractivity contribution in [2.24, 2.45) is 0 Å². The third-order valence-electron chi connectivity index (χ3n) is 8.12. The molecule has 1 rings (SSSR count). The maximum absolute atomic E-state index is 12.6. The molecule has 1 aliphatic heterocycles. The summed E-state index contributed by atoms with van der Waals surface area (Å²) in [4.78, 5) is 12.6. The Kier molecular flexibility index (Phi) is 26.7. The van der Waals surface area contributed by atoms with E-state index in [1.54, 1.807) is 0 Å². The molecule has 45 heavy (non-hydrogen) atoms. The van der Waals surface area contributed by atoms with Crippen LogP contribution in [0.2, 0.25) is 0 Å². The van der Waals surface area contributed by atoms with Crippen molar-refractivity contribution in [2.45, 2.75) is 173 Å². The Morgan fingerprint density at radius 2 is 1.31 bits per heavy atom. The van der Waals surface area contributed by atoms with Crippen LogP contribution in [0.1, 0.15) is 136 Å². The Labute approximate surface area is 273 Å². The van der Waals surface area contributed by atoms with Crippen LogP contribution < -0.4 is 0 Å². The number of allylic oxidation sites excluding steroid dienone is 4. The number of ether oxygens (including phenoxy) is 4. The van der Waals surface area contributed by atoms with Crippen LogP contribution in [-0.4, -0.2) is 89.6 Å². The minimum atomic E-state index is -1.53. The summed E-state index contributed by atoms with van der Waals surface area (Å²) in [5, 5.41) is 39.8. The van der Waals surface area contributed by atoms with E-state index in [-0.39, 0.29) is 19.2 Å². The van der Waals surface area contributed by atoms with Crippen molar-refractivity contribution in [3.05, 3.63) is 24.3 Å². The van der Waals surface area contributed by atoms with Crippen molar-refractivity contribution in [1.29, 1.82) is 0 Å². The maximum Gasteiger partial charge on any atom is 0.306 e. The quantitative estimate of drug-likeness (QED) is 0.0421. The van der Waals surface area contributed by atoms with Crippen LogP contribution in [0.5, 0.6) is 0 Å². The van der Waals surface area contributed by atoms with Gasteiger partial charge < -0.3 is 39.4 Å². The number of unbranched alkanes of at least 4 members (excludes halogenated alkanes) is 14. The van der Waals surface area contributed by atoms with E-state index >= 15 is 0 Å². The Hall–Kier alpha value is -1.33. The summed E-state index contributed by atoms with van der Waals surface area (Å²) in [7, 11) is 0. The standard InChI is InChI=1S/C36H66O9/c1-3-5-7-9-11-12-13-14-15-16-17-18-20-22-24-26-42-28-30(44-32(38)25-23-21-19-10-8-6-4-2)29-43-36-35(41)34(40)33(39)31(27-37)45-36/h9,11,13-14,30-31,33-37,39-41H,3-8,10,12,15-29H2,1-2H3/b11-9-,14-13-. The zero-order valence-corrected chi connectivity index (χ0v) is 28.4. The minimum Gasteiger partial charge on any atom is -0.457 e. The van der Waals surface area contributed by atoms with Gasteiger partial charge in [-0.2, -0.15) is 0 Å². The Morgan fingerprint density at radius 3 is 1.98 bits per heavy atom. The molecule has 4 N–H and O–H groups in total. The highest BCUT2D eigenvalue weighted by Crippen LogP contribution is 2.22. The first-order valence-corrected chi connectivity index (χ1v) is 17.9. The Bertz CT molecular complexity index is 742. The predicted octanol–water partition coefficient (Wildman–Crippen LogP) is 6.30. The van der Waals surface area contributed by atoms with Gasteiger partial charge in [0.15, 0.2) is 6.29 Å². The average molecular weight is 643 g/mol. The lowest BCUT2D eigenvalue weighted by molar-refractivity contribution is -0.305. The molecule has 0 spiro atoms. The van der Waals surface area contributed by atoms with Gasteiger partial charge in [0.2, 0.25) is 0 Å². The molecule has 6 atom stereocenters. The monoisotopic (exact) mass is 642 g/mol. The molecule has 0 aromatic rings. The van der Waals surface area contributed by atoms with Crippen LogP contribution in [0.3, 0.4) is 0 Å². The third-order valence-corrected chi connectivity index (χ3v) is 8.12. The zero-order chi connectivity index (χ0) is 33.0. The van der Waals surface area contributed by atoms with Gasteiger partial charge in [-0.3, -0.25) is 4.79 Å². The molecule has 0 bridgehead atoms. The topological polar surface area (TPSA) is 135 Å². The number of carbonyl (C=O) groups is 1. The fraction of sp³-hybridized carbons (Fsp3) is 0.861. The molecule has 9 nitrogen and oxygen atoms in total. The normalized spacial score (nSPS) is 22.8. The van der Waals surface area contributed by atoms with Gasteiger partial charge in [0.25, 0.3) is 0 Å². The van der Waals surface area contributed by atoms with Crippen molar-refractivity contribution < 1.29 is 44.2 Å². The third kappa shape index (κ3) is 21.2. The maximum atomic E-state index is 12.6. The molecule has 9 heteroatoms. The fourth-order valence-corrected chi connectivity index (χ4v) is 5.21. The van der Waals surface area contributed by atoms with Gasteiger partial charge in [0, 0.05) is 13.0 Å². The molecule has 0 aromatic carbocycles. The summed E-state index contributed by atoms with van der Waals surface area (Å²) in [5.41, 5.74) is 0. The number of esters is 1. The van der Waals surface area contributed by atoms with Crippen molar-refractivity contribution in [2.75, 3.05) is 26.4 Å². The molecule has 0 saturated carbocycles. The summed E-state index contributed by atoms with van der Waals surface area (Å²) in [6.07, 6.45) is 22.2. The molecule has 0 aliphatic carbocycles. The number of aliphatic hydroxyl groups is 4. The van der Waals surface area contributed by atoms with Crippen molar-refractivity contribution in [1.82, 2.24) is 0 Å². The molecule has 264 valence electrons. The first kappa shape index (κ1) is 41.7. The summed E-state index contributed by atoms with van der Waals surface area (Å²) < 4.78 is 22.6. The number of carbonyl (C=O) groups excluding carboxylic acids is 1. The van der Waals surface area contributed by atoms with Crippen molar-refractivity contribution in [3.8, 4) is 0 Å². The molecular formula is C36H66O9. The summed E-state index contributed by atoms with van der Waals surface area (Å²) in [6.45, 7) is 4.43. The summed E-state index contributed by atoms with van der Waals surface area (Å²) in [5.74, 6) is -0.326. The van der Waals surface area contributed by atoms with Gasteiger partial charge in [0.05, 0.1) is 19.8 Å². The highest BCUT2D eigenvalue weighted by atomic mass is 16.7. The number of rotatable bonds is 29. The second kappa shape index (κ2) is 28.9. The van der Waals surface area contributed by atoms with E-state index in [9.17, 15) is 25.2 Å². The number of aliphatic hydroxyl groups excluding tert-OH is 4. The van der Waals surface area contributed by atoms with Crippen LogP contribution in [0.4, 0.5) is 0 Å². The van der Waals surface area contributed by atoms with Gasteiger partial charge >= 0.3 is 5.97 Å². The van der Waals surface area contributed by atoms with Gasteiger partial charge in [-0.25, -0.2) is 0 Å². The number of hydrogen-bond acceptors (Lipinski definition) is 9.